The number of anilines is 1. The molecular formula is C20H15BrN4O2. The minimum Gasteiger partial charge on any atom is -0.322 e. The van der Waals surface area contributed by atoms with Crippen molar-refractivity contribution in [2.75, 3.05) is 5.32 Å². The Balaban J connectivity index is 1.57. The molecule has 0 aliphatic rings. The molecular weight excluding hydrogens is 408 g/mol. The van der Waals surface area contributed by atoms with Crippen molar-refractivity contribution < 1.29 is 9.59 Å². The van der Waals surface area contributed by atoms with E-state index in [9.17, 15) is 9.59 Å². The van der Waals surface area contributed by atoms with Crippen LogP contribution >= 0.6 is 15.9 Å². The van der Waals surface area contributed by atoms with Crippen LogP contribution in [0.1, 0.15) is 26.3 Å². The number of hydrazone groups is 1. The molecule has 0 radical (unpaired) electrons. The number of nitrogens with one attached hydrogen (secondary N) is 2. The van der Waals surface area contributed by atoms with Crippen molar-refractivity contribution in [3.8, 4) is 0 Å². The lowest BCUT2D eigenvalue weighted by Crippen LogP contribution is -2.17. The van der Waals surface area contributed by atoms with Gasteiger partial charge >= 0.3 is 0 Å². The van der Waals surface area contributed by atoms with E-state index in [2.05, 4.69) is 36.8 Å². The molecule has 7 heteroatoms. The number of rotatable bonds is 5. The van der Waals surface area contributed by atoms with E-state index in [0.717, 1.165) is 10.0 Å². The minimum atomic E-state index is -0.343. The molecule has 0 aliphatic heterocycles. The number of carbonyl (C=O) groups excluding carboxylic acids is 2. The number of aromatic nitrogens is 1. The Morgan fingerprint density at radius 1 is 0.926 bits per heavy atom. The summed E-state index contributed by atoms with van der Waals surface area (Å²) in [6, 6.07) is 17.5. The van der Waals surface area contributed by atoms with Crippen LogP contribution < -0.4 is 10.7 Å². The molecule has 27 heavy (non-hydrogen) atoms. The highest BCUT2D eigenvalue weighted by molar-refractivity contribution is 9.10. The lowest BCUT2D eigenvalue weighted by molar-refractivity contribution is 0.0954. The maximum atomic E-state index is 12.3. The van der Waals surface area contributed by atoms with Gasteiger partial charge in [0, 0.05) is 28.1 Å². The maximum Gasteiger partial charge on any atom is 0.272 e. The monoisotopic (exact) mass is 422 g/mol. The highest BCUT2D eigenvalue weighted by Crippen LogP contribution is 2.15. The second-order valence-corrected chi connectivity index (χ2v) is 6.44. The highest BCUT2D eigenvalue weighted by atomic mass is 79.9. The first kappa shape index (κ1) is 18.5. The number of carbonyl (C=O) groups is 2. The quantitative estimate of drug-likeness (QED) is 0.483. The predicted octanol–water partition coefficient (Wildman–Crippen LogP) is 3.86. The van der Waals surface area contributed by atoms with Crippen LogP contribution in [0.15, 0.2) is 82.6 Å². The van der Waals surface area contributed by atoms with Gasteiger partial charge in [0.2, 0.25) is 0 Å². The van der Waals surface area contributed by atoms with Crippen molar-refractivity contribution in [2.45, 2.75) is 0 Å². The van der Waals surface area contributed by atoms with Crippen LogP contribution in [0.5, 0.6) is 0 Å². The molecule has 3 aromatic rings. The zero-order valence-corrected chi connectivity index (χ0v) is 15.7. The van der Waals surface area contributed by atoms with Gasteiger partial charge in [0.15, 0.2) is 0 Å². The van der Waals surface area contributed by atoms with Gasteiger partial charge < -0.3 is 5.32 Å². The second kappa shape index (κ2) is 8.86. The van der Waals surface area contributed by atoms with Crippen molar-refractivity contribution in [3.63, 3.8) is 0 Å². The van der Waals surface area contributed by atoms with Gasteiger partial charge in [0.25, 0.3) is 11.8 Å². The maximum absolute atomic E-state index is 12.3. The van der Waals surface area contributed by atoms with Crippen LogP contribution in [0.4, 0.5) is 5.69 Å². The van der Waals surface area contributed by atoms with Gasteiger partial charge in [-0.15, -0.1) is 0 Å². The van der Waals surface area contributed by atoms with Crippen LogP contribution in [-0.2, 0) is 0 Å². The molecule has 6 nitrogen and oxygen atoms in total. The molecule has 0 unspecified atom stereocenters. The summed E-state index contributed by atoms with van der Waals surface area (Å²) in [7, 11) is 0. The Hall–Kier alpha value is -3.32. The summed E-state index contributed by atoms with van der Waals surface area (Å²) in [5, 5.41) is 6.74. The molecule has 0 spiro atoms. The van der Waals surface area contributed by atoms with Crippen LogP contribution in [0, 0.1) is 0 Å². The van der Waals surface area contributed by atoms with Gasteiger partial charge in [-0.05, 0) is 54.1 Å². The Morgan fingerprint density at radius 3 is 2.33 bits per heavy atom. The molecule has 1 aromatic heterocycles. The summed E-state index contributed by atoms with van der Waals surface area (Å²) in [4.78, 5) is 28.0. The molecule has 0 fully saturated rings. The summed E-state index contributed by atoms with van der Waals surface area (Å²) in [5.74, 6) is -0.546. The number of hydrogen-bond donors (Lipinski definition) is 2. The van der Waals surface area contributed by atoms with Gasteiger partial charge in [-0.3, -0.25) is 14.6 Å². The molecule has 0 saturated carbocycles. The number of hydrogen-bond acceptors (Lipinski definition) is 4. The molecule has 3 rings (SSSR count). The Labute approximate surface area is 164 Å². The molecule has 134 valence electrons. The van der Waals surface area contributed by atoms with Crippen molar-refractivity contribution >= 4 is 39.6 Å². The van der Waals surface area contributed by atoms with Gasteiger partial charge in [-0.2, -0.15) is 5.10 Å². The topological polar surface area (TPSA) is 83.5 Å². The summed E-state index contributed by atoms with van der Waals surface area (Å²) in [6.07, 6.45) is 4.56. The van der Waals surface area contributed by atoms with E-state index in [1.54, 1.807) is 42.6 Å². The second-order valence-electron chi connectivity index (χ2n) is 5.52. The number of halogens is 1. The van der Waals surface area contributed by atoms with E-state index in [1.807, 2.05) is 24.3 Å². The van der Waals surface area contributed by atoms with Crippen LogP contribution in [0.3, 0.4) is 0 Å². The molecule has 2 aromatic carbocycles. The zero-order chi connectivity index (χ0) is 19.1. The summed E-state index contributed by atoms with van der Waals surface area (Å²) in [6.45, 7) is 0. The molecule has 0 aliphatic carbocycles. The van der Waals surface area contributed by atoms with Crippen molar-refractivity contribution in [1.29, 1.82) is 0 Å². The van der Waals surface area contributed by atoms with E-state index in [0.29, 0.717) is 16.8 Å². The van der Waals surface area contributed by atoms with E-state index in [-0.39, 0.29) is 11.8 Å². The number of nitrogens with zero attached hydrogens (tertiary/aromatic N) is 2. The van der Waals surface area contributed by atoms with Crippen molar-refractivity contribution in [1.82, 2.24) is 10.4 Å². The number of amides is 2. The fourth-order valence-corrected chi connectivity index (χ4v) is 2.45. The molecule has 0 saturated heterocycles. The summed E-state index contributed by atoms with van der Waals surface area (Å²) >= 11 is 3.35. The lowest BCUT2D eigenvalue weighted by Gasteiger charge is -2.05. The third kappa shape index (κ3) is 5.32. The average Bonchev–Trinajstić information content (AvgIpc) is 2.71. The Kier molecular flexibility index (Phi) is 6.06. The van der Waals surface area contributed by atoms with Gasteiger partial charge in [0.1, 0.15) is 0 Å². The number of benzene rings is 2. The van der Waals surface area contributed by atoms with Crippen LogP contribution in [0.25, 0.3) is 0 Å². The van der Waals surface area contributed by atoms with Gasteiger partial charge in [-0.1, -0.05) is 28.1 Å². The largest absolute Gasteiger partial charge is 0.322 e. The molecule has 2 amide bonds. The Bertz CT molecular complexity index is 956. The van der Waals surface area contributed by atoms with Crippen molar-refractivity contribution in [3.05, 3.63) is 94.2 Å². The van der Waals surface area contributed by atoms with E-state index < -0.39 is 0 Å². The lowest BCUT2D eigenvalue weighted by atomic mass is 10.1. The first-order valence-electron chi connectivity index (χ1n) is 8.02. The fraction of sp³-hybridized carbons (Fsp3) is 0. The van der Waals surface area contributed by atoms with Crippen molar-refractivity contribution in [2.24, 2.45) is 5.10 Å². The fourth-order valence-electron chi connectivity index (χ4n) is 2.18. The molecule has 0 bridgehead atoms. The molecule has 1 heterocycles. The van der Waals surface area contributed by atoms with E-state index in [4.69, 9.17) is 0 Å². The normalized spacial score (nSPS) is 10.6. The van der Waals surface area contributed by atoms with Crippen LogP contribution in [0.2, 0.25) is 0 Å². The summed E-state index contributed by atoms with van der Waals surface area (Å²) in [5.41, 5.74) is 4.84. The van der Waals surface area contributed by atoms with E-state index >= 15 is 0 Å². The number of pyridine rings is 1. The summed E-state index contributed by atoms with van der Waals surface area (Å²) < 4.78 is 0.944. The molecule has 0 atom stereocenters. The standard InChI is InChI=1S/C20H15BrN4O2/c21-17-7-9-18(10-8-17)24-19(26)15-5-3-14(4-6-15)12-23-25-20(27)16-2-1-11-22-13-16/h1-13H,(H,24,26)(H,25,27). The first-order chi connectivity index (χ1) is 13.1. The molecule has 2 N–H and O–H groups in total. The predicted molar refractivity (Wildman–Crippen MR) is 108 cm³/mol. The van der Waals surface area contributed by atoms with Gasteiger partial charge in [0.05, 0.1) is 11.8 Å². The third-order valence-corrected chi connectivity index (χ3v) is 4.11. The average molecular weight is 423 g/mol. The zero-order valence-electron chi connectivity index (χ0n) is 14.1. The van der Waals surface area contributed by atoms with E-state index in [1.165, 1.54) is 12.4 Å². The first-order valence-corrected chi connectivity index (χ1v) is 8.81. The smallest absolute Gasteiger partial charge is 0.272 e. The highest BCUT2D eigenvalue weighted by Gasteiger charge is 2.06. The Morgan fingerprint density at radius 2 is 1.67 bits per heavy atom. The van der Waals surface area contributed by atoms with Crippen LogP contribution in [-0.4, -0.2) is 23.0 Å². The SMILES string of the molecule is O=C(NN=Cc1ccc(C(=O)Nc2ccc(Br)cc2)cc1)c1cccnc1. The van der Waals surface area contributed by atoms with Gasteiger partial charge in [-0.25, -0.2) is 5.43 Å². The third-order valence-electron chi connectivity index (χ3n) is 3.58. The minimum absolute atomic E-state index is 0.203.